The number of nitrogens with one attached hydrogen (secondary N) is 1. The Morgan fingerprint density at radius 2 is 1.77 bits per heavy atom. The number of carbonyl (C=O) groups excluding carboxylic acids is 1. The molecule has 0 radical (unpaired) electrons. The van der Waals surface area contributed by atoms with Crippen LogP contribution in [0.1, 0.15) is 60.9 Å². The zero-order valence-corrected chi connectivity index (χ0v) is 22.3. The minimum Gasteiger partial charge on any atom is -0.482 e. The summed E-state index contributed by atoms with van der Waals surface area (Å²) in [5.74, 6) is 1.10. The van der Waals surface area contributed by atoms with Gasteiger partial charge in [0, 0.05) is 23.6 Å². The highest BCUT2D eigenvalue weighted by atomic mass is 16.6. The molecule has 3 aromatic carbocycles. The molecule has 0 aromatic heterocycles. The Morgan fingerprint density at radius 1 is 1.03 bits per heavy atom. The first-order chi connectivity index (χ1) is 19.2. The number of benzene rings is 3. The van der Waals surface area contributed by atoms with E-state index in [1.165, 1.54) is 10.6 Å². The molecule has 2 aliphatic rings. The second kappa shape index (κ2) is 12.8. The molecule has 7 heteroatoms. The second-order valence-corrected chi connectivity index (χ2v) is 9.79. The van der Waals surface area contributed by atoms with E-state index in [4.69, 9.17) is 14.2 Å². The molecule has 0 amide bonds. The van der Waals surface area contributed by atoms with Gasteiger partial charge >= 0.3 is 5.97 Å². The van der Waals surface area contributed by atoms with E-state index in [0.717, 1.165) is 54.7 Å². The Labute approximate surface area is 230 Å². The van der Waals surface area contributed by atoms with Crippen LogP contribution < -0.4 is 10.1 Å². The molecular weight excluding hydrogens is 492 g/mol. The number of rotatable bonds is 11. The molecule has 2 atom stereocenters. The molecule has 0 saturated carbocycles. The third-order valence-electron chi connectivity index (χ3n) is 7.19. The van der Waals surface area contributed by atoms with Crippen molar-refractivity contribution in [2.24, 2.45) is 0 Å². The molecule has 2 unspecified atom stereocenters. The van der Waals surface area contributed by atoms with Crippen LogP contribution in [0.4, 0.5) is 0 Å². The van der Waals surface area contributed by atoms with E-state index in [-0.39, 0.29) is 18.6 Å². The van der Waals surface area contributed by atoms with E-state index in [9.17, 15) is 10.0 Å². The summed E-state index contributed by atoms with van der Waals surface area (Å²) in [5, 5.41) is 16.1. The number of fused-ring (bicyclic) bond motifs is 1. The fraction of sp³-hybridized carbons (Fsp3) is 0.344. The average molecular weight is 529 g/mol. The maximum Gasteiger partial charge on any atom is 0.344 e. The Bertz CT molecular complexity index is 1280. The van der Waals surface area contributed by atoms with E-state index in [1.54, 1.807) is 6.92 Å². The molecule has 39 heavy (non-hydrogen) atoms. The lowest BCUT2D eigenvalue weighted by molar-refractivity contribution is -0.145. The van der Waals surface area contributed by atoms with Gasteiger partial charge in [-0.15, -0.1) is 0 Å². The summed E-state index contributed by atoms with van der Waals surface area (Å²) < 4.78 is 17.1. The largest absolute Gasteiger partial charge is 0.482 e. The maximum atomic E-state index is 11.8. The molecule has 204 valence electrons. The lowest BCUT2D eigenvalue weighted by Gasteiger charge is -2.28. The Balaban J connectivity index is 1.20. The number of nitrogens with zero attached hydrogens (tertiary/aromatic N) is 1. The zero-order valence-electron chi connectivity index (χ0n) is 22.3. The molecule has 0 bridgehead atoms. The lowest BCUT2D eigenvalue weighted by atomic mass is 9.87. The number of esters is 1. The summed E-state index contributed by atoms with van der Waals surface area (Å²) in [6.07, 6.45) is 4.05. The first kappa shape index (κ1) is 26.8. The van der Waals surface area contributed by atoms with Crippen molar-refractivity contribution in [3.05, 3.63) is 101 Å². The van der Waals surface area contributed by atoms with E-state index < -0.39 is 6.23 Å². The van der Waals surface area contributed by atoms with Crippen molar-refractivity contribution in [3.8, 4) is 5.75 Å². The van der Waals surface area contributed by atoms with Gasteiger partial charge in [0.25, 0.3) is 0 Å². The standard InChI is InChI=1S/C32H36N2O5/c1-2-37-30(35)22-38-28-19-10-16-25-26(28)17-9-18-27(25)33-21-11-20-29-34(36)31(23-12-5-3-6-13-23)32(39-29)24-14-7-4-8-15-24/h3-8,10,12-16,19,27,29,33,36H,2,9,11,17-18,20-22H2,1H3. The van der Waals surface area contributed by atoms with Gasteiger partial charge in [0.15, 0.2) is 18.6 Å². The Kier molecular flexibility index (Phi) is 8.81. The summed E-state index contributed by atoms with van der Waals surface area (Å²) in [7, 11) is 0. The minimum absolute atomic E-state index is 0.0780. The number of ether oxygens (including phenoxy) is 3. The highest BCUT2D eigenvalue weighted by molar-refractivity contribution is 5.87. The quantitative estimate of drug-likeness (QED) is 0.235. The van der Waals surface area contributed by atoms with Crippen LogP contribution in [0.25, 0.3) is 11.5 Å². The molecule has 0 saturated heterocycles. The van der Waals surface area contributed by atoms with Gasteiger partial charge in [-0.25, -0.2) is 9.86 Å². The summed E-state index contributed by atoms with van der Waals surface area (Å²) in [4.78, 5) is 11.8. The highest BCUT2D eigenvalue weighted by Crippen LogP contribution is 2.39. The molecule has 3 aromatic rings. The van der Waals surface area contributed by atoms with E-state index in [0.29, 0.717) is 24.5 Å². The van der Waals surface area contributed by atoms with Gasteiger partial charge in [-0.1, -0.05) is 72.8 Å². The van der Waals surface area contributed by atoms with Gasteiger partial charge in [0.2, 0.25) is 0 Å². The Morgan fingerprint density at radius 3 is 2.51 bits per heavy atom. The normalized spacial score (nSPS) is 18.5. The molecule has 1 aliphatic heterocycles. The van der Waals surface area contributed by atoms with Crippen LogP contribution in [-0.4, -0.2) is 42.2 Å². The van der Waals surface area contributed by atoms with Crippen LogP contribution in [0.15, 0.2) is 78.9 Å². The topological polar surface area (TPSA) is 80.3 Å². The molecule has 2 N–H and O–H groups in total. The van der Waals surface area contributed by atoms with Gasteiger partial charge in [-0.2, -0.15) is 0 Å². The number of hydrogen-bond acceptors (Lipinski definition) is 7. The predicted octanol–water partition coefficient (Wildman–Crippen LogP) is 5.95. The minimum atomic E-state index is -0.460. The third kappa shape index (κ3) is 6.27. The van der Waals surface area contributed by atoms with Crippen molar-refractivity contribution in [3.63, 3.8) is 0 Å². The van der Waals surface area contributed by atoms with Crippen LogP contribution in [-0.2, 0) is 20.7 Å². The van der Waals surface area contributed by atoms with Crippen molar-refractivity contribution in [1.82, 2.24) is 10.4 Å². The average Bonchev–Trinajstić information content (AvgIpc) is 3.31. The van der Waals surface area contributed by atoms with Crippen molar-refractivity contribution in [1.29, 1.82) is 0 Å². The number of carbonyl (C=O) groups is 1. The number of hydrogen-bond donors (Lipinski definition) is 2. The van der Waals surface area contributed by atoms with Crippen LogP contribution in [0.5, 0.6) is 5.75 Å². The van der Waals surface area contributed by atoms with Crippen molar-refractivity contribution < 1.29 is 24.2 Å². The molecule has 1 aliphatic carbocycles. The van der Waals surface area contributed by atoms with E-state index >= 15 is 0 Å². The predicted molar refractivity (Wildman–Crippen MR) is 150 cm³/mol. The lowest BCUT2D eigenvalue weighted by Crippen LogP contribution is -2.30. The van der Waals surface area contributed by atoms with Gasteiger partial charge in [0.1, 0.15) is 11.4 Å². The Hall–Kier alpha value is -3.81. The van der Waals surface area contributed by atoms with Gasteiger partial charge in [-0.05, 0) is 56.3 Å². The SMILES string of the molecule is CCOC(=O)COc1cccc2c1CCCC2NCCCC1OC(c2ccccc2)=C(c2ccccc2)N1O. The maximum absolute atomic E-state index is 11.8. The monoisotopic (exact) mass is 528 g/mol. The van der Waals surface area contributed by atoms with Crippen LogP contribution in [0.3, 0.4) is 0 Å². The molecule has 5 rings (SSSR count). The molecular formula is C32H36N2O5. The van der Waals surface area contributed by atoms with Gasteiger partial charge in [-0.3, -0.25) is 5.21 Å². The molecule has 0 fully saturated rings. The summed E-state index contributed by atoms with van der Waals surface area (Å²) in [5.41, 5.74) is 4.93. The van der Waals surface area contributed by atoms with Crippen LogP contribution in [0, 0.1) is 0 Å². The van der Waals surface area contributed by atoms with Gasteiger partial charge < -0.3 is 19.5 Å². The van der Waals surface area contributed by atoms with E-state index in [1.807, 2.05) is 72.8 Å². The number of hydroxylamine groups is 2. The van der Waals surface area contributed by atoms with Crippen molar-refractivity contribution in [2.75, 3.05) is 19.8 Å². The van der Waals surface area contributed by atoms with E-state index in [2.05, 4.69) is 11.4 Å². The van der Waals surface area contributed by atoms with Crippen LogP contribution >= 0.6 is 0 Å². The second-order valence-electron chi connectivity index (χ2n) is 9.79. The summed E-state index contributed by atoms with van der Waals surface area (Å²) >= 11 is 0. The molecule has 0 spiro atoms. The molecule has 7 nitrogen and oxygen atoms in total. The van der Waals surface area contributed by atoms with Gasteiger partial charge in [0.05, 0.1) is 6.61 Å². The van der Waals surface area contributed by atoms with Crippen molar-refractivity contribution >= 4 is 17.4 Å². The smallest absolute Gasteiger partial charge is 0.344 e. The van der Waals surface area contributed by atoms with Crippen LogP contribution in [0.2, 0.25) is 0 Å². The summed E-state index contributed by atoms with van der Waals surface area (Å²) in [6.45, 7) is 2.84. The first-order valence-electron chi connectivity index (χ1n) is 13.8. The fourth-order valence-corrected chi connectivity index (χ4v) is 5.38. The summed E-state index contributed by atoms with van der Waals surface area (Å²) in [6, 6.07) is 26.1. The first-order valence-corrected chi connectivity index (χ1v) is 13.8. The third-order valence-corrected chi connectivity index (χ3v) is 7.19. The van der Waals surface area contributed by atoms with Crippen molar-refractivity contribution in [2.45, 2.75) is 51.3 Å². The molecule has 1 heterocycles. The highest BCUT2D eigenvalue weighted by Gasteiger charge is 2.34. The zero-order chi connectivity index (χ0) is 27.0. The fourth-order valence-electron chi connectivity index (χ4n) is 5.38.